The fourth-order valence-electron chi connectivity index (χ4n) is 2.76. The minimum atomic E-state index is -0.130. The van der Waals surface area contributed by atoms with Crippen LogP contribution in [0.15, 0.2) is 11.4 Å². The lowest BCUT2D eigenvalue weighted by Gasteiger charge is -2.27. The van der Waals surface area contributed by atoms with Crippen LogP contribution in [-0.4, -0.2) is 47.9 Å². The van der Waals surface area contributed by atoms with E-state index in [-0.39, 0.29) is 18.5 Å². The fraction of sp³-hybridized carbons (Fsp3) is 0.571. The first-order valence-electron chi connectivity index (χ1n) is 7.10. The predicted molar refractivity (Wildman–Crippen MR) is 77.6 cm³/mol. The molecule has 3 rings (SSSR count). The molecule has 0 aromatic carbocycles. The van der Waals surface area contributed by atoms with E-state index in [2.05, 4.69) is 16.8 Å². The fourth-order valence-corrected chi connectivity index (χ4v) is 3.65. The number of thiophene rings is 1. The highest BCUT2D eigenvalue weighted by Gasteiger charge is 2.23. The first kappa shape index (κ1) is 13.4. The van der Waals surface area contributed by atoms with Gasteiger partial charge in [0, 0.05) is 31.1 Å². The Kier molecular flexibility index (Phi) is 3.91. The lowest BCUT2D eigenvalue weighted by Crippen LogP contribution is -2.46. The van der Waals surface area contributed by atoms with Gasteiger partial charge in [-0.2, -0.15) is 0 Å². The van der Waals surface area contributed by atoms with E-state index in [1.165, 1.54) is 10.4 Å². The number of urea groups is 1. The second-order valence-corrected chi connectivity index (χ2v) is 6.29. The van der Waals surface area contributed by atoms with E-state index in [1.807, 2.05) is 4.90 Å². The van der Waals surface area contributed by atoms with Crippen LogP contribution in [0.3, 0.4) is 0 Å². The van der Waals surface area contributed by atoms with Crippen molar-refractivity contribution in [2.45, 2.75) is 25.8 Å². The quantitative estimate of drug-likeness (QED) is 0.897. The van der Waals surface area contributed by atoms with Gasteiger partial charge in [0.25, 0.3) is 0 Å². The molecule has 2 aliphatic heterocycles. The van der Waals surface area contributed by atoms with Crippen molar-refractivity contribution < 1.29 is 9.59 Å². The normalized spacial score (nSPS) is 18.0. The topological polar surface area (TPSA) is 52.7 Å². The summed E-state index contributed by atoms with van der Waals surface area (Å²) in [5, 5.41) is 4.82. The number of likely N-dealkylation sites (tertiary alicyclic amines) is 1. The van der Waals surface area contributed by atoms with E-state index in [4.69, 9.17) is 0 Å². The summed E-state index contributed by atoms with van der Waals surface area (Å²) in [6.45, 7) is 3.17. The summed E-state index contributed by atoms with van der Waals surface area (Å²) in [5.41, 5.74) is 1.24. The van der Waals surface area contributed by atoms with Gasteiger partial charge in [0.2, 0.25) is 5.91 Å². The van der Waals surface area contributed by atoms with Crippen LogP contribution in [0.25, 0.3) is 0 Å². The average Bonchev–Trinajstić information content (AvgIpc) is 3.13. The van der Waals surface area contributed by atoms with Crippen molar-refractivity contribution in [2.75, 3.05) is 26.2 Å². The van der Waals surface area contributed by atoms with Crippen LogP contribution < -0.4 is 5.32 Å². The highest BCUT2D eigenvalue weighted by molar-refractivity contribution is 7.10. The van der Waals surface area contributed by atoms with Crippen LogP contribution in [-0.2, 0) is 17.8 Å². The SMILES string of the molecule is O=C(CNC(=O)N1CCc2sccc2C1)N1CCCC1. The third kappa shape index (κ3) is 2.80. The van der Waals surface area contributed by atoms with Gasteiger partial charge in [0.15, 0.2) is 0 Å². The summed E-state index contributed by atoms with van der Waals surface area (Å²) in [6.07, 6.45) is 3.07. The molecule has 0 saturated carbocycles. The molecule has 0 spiro atoms. The van der Waals surface area contributed by atoms with Gasteiger partial charge in [-0.25, -0.2) is 4.79 Å². The Labute approximate surface area is 122 Å². The first-order valence-corrected chi connectivity index (χ1v) is 7.98. The molecular formula is C14H19N3O2S. The summed E-state index contributed by atoms with van der Waals surface area (Å²) >= 11 is 1.76. The largest absolute Gasteiger partial charge is 0.341 e. The van der Waals surface area contributed by atoms with Gasteiger partial charge < -0.3 is 15.1 Å². The van der Waals surface area contributed by atoms with Gasteiger partial charge in [0.05, 0.1) is 6.54 Å². The average molecular weight is 293 g/mol. The predicted octanol–water partition coefficient (Wildman–Crippen LogP) is 1.44. The smallest absolute Gasteiger partial charge is 0.318 e. The van der Waals surface area contributed by atoms with Crippen molar-refractivity contribution in [1.82, 2.24) is 15.1 Å². The molecule has 0 unspecified atom stereocenters. The van der Waals surface area contributed by atoms with Gasteiger partial charge >= 0.3 is 6.03 Å². The number of hydrogen-bond donors (Lipinski definition) is 1. The van der Waals surface area contributed by atoms with Crippen molar-refractivity contribution in [3.63, 3.8) is 0 Å². The molecule has 3 heterocycles. The molecule has 6 heteroatoms. The van der Waals surface area contributed by atoms with E-state index in [0.29, 0.717) is 6.54 Å². The number of nitrogens with zero attached hydrogens (tertiary/aromatic N) is 2. The maximum Gasteiger partial charge on any atom is 0.318 e. The lowest BCUT2D eigenvalue weighted by atomic mass is 10.1. The van der Waals surface area contributed by atoms with Crippen molar-refractivity contribution in [2.24, 2.45) is 0 Å². The zero-order valence-electron chi connectivity index (χ0n) is 11.4. The van der Waals surface area contributed by atoms with E-state index < -0.39 is 0 Å². The molecule has 1 aromatic heterocycles. The third-order valence-corrected chi connectivity index (χ3v) is 4.97. The van der Waals surface area contributed by atoms with Crippen molar-refractivity contribution >= 4 is 23.3 Å². The van der Waals surface area contributed by atoms with Crippen molar-refractivity contribution in [3.8, 4) is 0 Å². The molecule has 3 amide bonds. The van der Waals surface area contributed by atoms with Crippen molar-refractivity contribution in [3.05, 3.63) is 21.9 Å². The molecule has 1 aromatic rings. The number of carbonyl (C=O) groups excluding carboxylic acids is 2. The number of rotatable bonds is 2. The zero-order chi connectivity index (χ0) is 13.9. The maximum absolute atomic E-state index is 12.1. The van der Waals surface area contributed by atoms with E-state index >= 15 is 0 Å². The second kappa shape index (κ2) is 5.83. The van der Waals surface area contributed by atoms with E-state index in [9.17, 15) is 9.59 Å². The van der Waals surface area contributed by atoms with Gasteiger partial charge in [-0.1, -0.05) is 0 Å². The molecule has 1 N–H and O–H groups in total. The Morgan fingerprint density at radius 2 is 2.00 bits per heavy atom. The maximum atomic E-state index is 12.1. The number of fused-ring (bicyclic) bond motifs is 1. The van der Waals surface area contributed by atoms with Gasteiger partial charge in [-0.15, -0.1) is 11.3 Å². The summed E-state index contributed by atoms with van der Waals surface area (Å²) < 4.78 is 0. The molecule has 0 aliphatic carbocycles. The minimum Gasteiger partial charge on any atom is -0.341 e. The summed E-state index contributed by atoms with van der Waals surface area (Å²) in [4.78, 5) is 29.0. The molecule has 20 heavy (non-hydrogen) atoms. The van der Waals surface area contributed by atoms with Crippen LogP contribution in [0.5, 0.6) is 0 Å². The minimum absolute atomic E-state index is 0.0316. The summed E-state index contributed by atoms with van der Waals surface area (Å²) in [7, 11) is 0. The Hall–Kier alpha value is -1.56. The molecule has 1 fully saturated rings. The number of nitrogens with one attached hydrogen (secondary N) is 1. The second-order valence-electron chi connectivity index (χ2n) is 5.29. The van der Waals surface area contributed by atoms with Crippen LogP contribution in [0.4, 0.5) is 4.79 Å². The molecule has 1 saturated heterocycles. The Morgan fingerprint density at radius 1 is 1.20 bits per heavy atom. The molecule has 5 nitrogen and oxygen atoms in total. The van der Waals surface area contributed by atoms with Gasteiger partial charge in [-0.05, 0) is 36.3 Å². The highest BCUT2D eigenvalue weighted by atomic mass is 32.1. The lowest BCUT2D eigenvalue weighted by molar-refractivity contribution is -0.129. The third-order valence-electron chi connectivity index (χ3n) is 3.94. The standard InChI is InChI=1S/C14H19N3O2S/c18-13(16-5-1-2-6-16)9-15-14(19)17-7-3-12-11(10-17)4-8-20-12/h4,8H,1-3,5-7,9-10H2,(H,15,19). The highest BCUT2D eigenvalue weighted by Crippen LogP contribution is 2.23. The number of hydrogen-bond acceptors (Lipinski definition) is 3. The molecule has 0 bridgehead atoms. The summed E-state index contributed by atoms with van der Waals surface area (Å²) in [5.74, 6) is 0.0316. The van der Waals surface area contributed by atoms with E-state index in [0.717, 1.165) is 38.9 Å². The first-order chi connectivity index (χ1) is 9.74. The molecule has 108 valence electrons. The number of carbonyl (C=O) groups is 2. The monoisotopic (exact) mass is 293 g/mol. The Bertz CT molecular complexity index is 508. The molecule has 0 atom stereocenters. The van der Waals surface area contributed by atoms with Crippen LogP contribution in [0.1, 0.15) is 23.3 Å². The van der Waals surface area contributed by atoms with Crippen LogP contribution in [0.2, 0.25) is 0 Å². The van der Waals surface area contributed by atoms with Crippen LogP contribution >= 0.6 is 11.3 Å². The zero-order valence-corrected chi connectivity index (χ0v) is 12.2. The van der Waals surface area contributed by atoms with Gasteiger partial charge in [-0.3, -0.25) is 4.79 Å². The molecular weight excluding hydrogens is 274 g/mol. The Morgan fingerprint density at radius 3 is 2.80 bits per heavy atom. The Balaban J connectivity index is 1.49. The van der Waals surface area contributed by atoms with Crippen molar-refractivity contribution in [1.29, 1.82) is 0 Å². The molecule has 0 radical (unpaired) electrons. The van der Waals surface area contributed by atoms with E-state index in [1.54, 1.807) is 16.2 Å². The molecule has 2 aliphatic rings. The van der Waals surface area contributed by atoms with Crippen LogP contribution in [0, 0.1) is 0 Å². The number of amides is 3. The van der Waals surface area contributed by atoms with Gasteiger partial charge in [0.1, 0.15) is 0 Å². The summed E-state index contributed by atoms with van der Waals surface area (Å²) in [6, 6.07) is 1.95.